The number of primary amides is 1. The summed E-state index contributed by atoms with van der Waals surface area (Å²) >= 11 is 0. The largest absolute Gasteiger partial charge is 0.508 e. The zero-order valence-corrected chi connectivity index (χ0v) is 33.6. The molecule has 60 heavy (non-hydrogen) atoms. The van der Waals surface area contributed by atoms with Gasteiger partial charge in [0.15, 0.2) is 0 Å². The molecule has 326 valence electrons. The molecule has 1 aliphatic rings. The van der Waals surface area contributed by atoms with Crippen LogP contribution in [0.4, 0.5) is 0 Å². The lowest BCUT2D eigenvalue weighted by atomic mass is 10.0. The van der Waals surface area contributed by atoms with Crippen molar-refractivity contribution in [2.45, 2.75) is 89.0 Å². The summed E-state index contributed by atoms with van der Waals surface area (Å²) in [4.78, 5) is 117. The van der Waals surface area contributed by atoms with Crippen molar-refractivity contribution in [2.24, 2.45) is 17.4 Å². The number of nitrogens with two attached hydrogens (primary N) is 2. The highest BCUT2D eigenvalue weighted by Gasteiger charge is 2.37. The standard InChI is InChI=1S/C40H55N9O11/c1-23(2)17-28(36(42)56)45-33(52)21-44-37(57)29(18-24-7-4-3-5-8-24)47-38(58)27(14-15-35(54)55)46-39(59)30(19-25-10-12-26(50)13-11-25)48-40(60)31-9-6-16-49(31)34(53)22-43-32(51)20-41/h3-5,7-8,10-13,23,27-31,50H,6,9,14-22,41H2,1-2H3,(H2,42,56)(H,43,51)(H,44,57)(H,45,52)(H,46,59)(H,47,58)(H,48,60)(H,54,55). The minimum atomic E-state index is -1.55. The van der Waals surface area contributed by atoms with Crippen LogP contribution in [0.3, 0.4) is 0 Å². The van der Waals surface area contributed by atoms with E-state index in [1.807, 2.05) is 13.8 Å². The number of likely N-dealkylation sites (tertiary alicyclic amines) is 1. The fraction of sp³-hybridized carbons (Fsp3) is 0.475. The highest BCUT2D eigenvalue weighted by molar-refractivity contribution is 5.97. The number of carboxylic acids is 1. The van der Waals surface area contributed by atoms with Gasteiger partial charge in [0.1, 0.15) is 36.0 Å². The number of phenolic OH excluding ortho intramolecular Hbond substituents is 1. The molecule has 3 rings (SSSR count). The number of aromatic hydroxyl groups is 1. The predicted octanol–water partition coefficient (Wildman–Crippen LogP) is -2.31. The van der Waals surface area contributed by atoms with E-state index >= 15 is 0 Å². The van der Waals surface area contributed by atoms with Crippen molar-refractivity contribution in [3.63, 3.8) is 0 Å². The highest BCUT2D eigenvalue weighted by Crippen LogP contribution is 2.19. The Labute approximate surface area is 346 Å². The molecule has 0 radical (unpaired) electrons. The Morgan fingerprint density at radius 2 is 1.33 bits per heavy atom. The van der Waals surface area contributed by atoms with Gasteiger partial charge in [-0.3, -0.25) is 43.2 Å². The number of carbonyl (C=O) groups is 9. The van der Waals surface area contributed by atoms with Crippen molar-refractivity contribution in [1.82, 2.24) is 36.8 Å². The first kappa shape index (κ1) is 47.8. The average molecular weight is 838 g/mol. The van der Waals surface area contributed by atoms with E-state index in [-0.39, 0.29) is 50.4 Å². The van der Waals surface area contributed by atoms with Gasteiger partial charge in [-0.25, -0.2) is 0 Å². The molecule has 8 amide bonds. The Hall–Kier alpha value is -6.57. The van der Waals surface area contributed by atoms with Gasteiger partial charge < -0.3 is 58.5 Å². The molecule has 5 unspecified atom stereocenters. The molecular weight excluding hydrogens is 782 g/mol. The van der Waals surface area contributed by atoms with E-state index in [1.54, 1.807) is 30.3 Å². The summed E-state index contributed by atoms with van der Waals surface area (Å²) in [5.74, 6) is -7.27. The van der Waals surface area contributed by atoms with Crippen LogP contribution in [0.25, 0.3) is 0 Å². The fourth-order valence-electron chi connectivity index (χ4n) is 6.42. The number of hydrogen-bond acceptors (Lipinski definition) is 11. The number of benzene rings is 2. The van der Waals surface area contributed by atoms with E-state index in [4.69, 9.17) is 11.5 Å². The minimum Gasteiger partial charge on any atom is -0.508 e. The third-order valence-electron chi connectivity index (χ3n) is 9.51. The molecule has 12 N–H and O–H groups in total. The lowest BCUT2D eigenvalue weighted by molar-refractivity contribution is -0.140. The molecule has 1 saturated heterocycles. The Balaban J connectivity index is 1.84. The second-order valence-corrected chi connectivity index (χ2v) is 14.8. The van der Waals surface area contributed by atoms with Crippen molar-refractivity contribution < 1.29 is 53.4 Å². The topological polar surface area (TPSA) is 322 Å². The third kappa shape index (κ3) is 16.0. The quantitative estimate of drug-likeness (QED) is 0.0565. The van der Waals surface area contributed by atoms with E-state index in [9.17, 15) is 53.4 Å². The molecule has 5 atom stereocenters. The van der Waals surface area contributed by atoms with Crippen molar-refractivity contribution in [1.29, 1.82) is 0 Å². The summed E-state index contributed by atoms with van der Waals surface area (Å²) in [6, 6.07) is 8.01. The number of carbonyl (C=O) groups excluding carboxylic acids is 8. The summed E-state index contributed by atoms with van der Waals surface area (Å²) in [6.45, 7) is 2.56. The van der Waals surface area contributed by atoms with Crippen LogP contribution >= 0.6 is 0 Å². The number of aliphatic carboxylic acids is 1. The van der Waals surface area contributed by atoms with Crippen molar-refractivity contribution in [2.75, 3.05) is 26.2 Å². The van der Waals surface area contributed by atoms with Gasteiger partial charge in [-0.1, -0.05) is 56.3 Å². The molecule has 20 nitrogen and oxygen atoms in total. The molecule has 2 aromatic carbocycles. The third-order valence-corrected chi connectivity index (χ3v) is 9.51. The molecular formula is C40H55N9O11. The number of phenols is 1. The molecule has 1 fully saturated rings. The van der Waals surface area contributed by atoms with Gasteiger partial charge in [0.25, 0.3) is 0 Å². The molecule has 0 aromatic heterocycles. The molecule has 0 aliphatic carbocycles. The van der Waals surface area contributed by atoms with Crippen LogP contribution in [0.15, 0.2) is 54.6 Å². The Morgan fingerprint density at radius 1 is 0.733 bits per heavy atom. The van der Waals surface area contributed by atoms with Crippen LogP contribution in [-0.4, -0.2) is 125 Å². The van der Waals surface area contributed by atoms with Crippen molar-refractivity contribution in [3.8, 4) is 5.75 Å². The second-order valence-electron chi connectivity index (χ2n) is 14.8. The van der Waals surface area contributed by atoms with Crippen LogP contribution in [0.5, 0.6) is 5.75 Å². The smallest absolute Gasteiger partial charge is 0.303 e. The summed E-state index contributed by atoms with van der Waals surface area (Å²) in [5, 5.41) is 34.4. The van der Waals surface area contributed by atoms with Gasteiger partial charge in [-0.15, -0.1) is 0 Å². The highest BCUT2D eigenvalue weighted by atomic mass is 16.4. The van der Waals surface area contributed by atoms with Gasteiger partial charge in [-0.05, 0) is 54.9 Å². The SMILES string of the molecule is CC(C)CC(NC(=O)CNC(=O)C(Cc1ccccc1)NC(=O)C(CCC(=O)O)NC(=O)C(Cc1ccc(O)cc1)NC(=O)C1CCCN1C(=O)CNC(=O)CN)C(N)=O. The maximum atomic E-state index is 14.0. The summed E-state index contributed by atoms with van der Waals surface area (Å²) < 4.78 is 0. The van der Waals surface area contributed by atoms with Gasteiger partial charge in [-0.2, -0.15) is 0 Å². The van der Waals surface area contributed by atoms with E-state index < -0.39 is 109 Å². The van der Waals surface area contributed by atoms with Crippen molar-refractivity contribution >= 4 is 53.2 Å². The maximum Gasteiger partial charge on any atom is 0.303 e. The monoisotopic (exact) mass is 837 g/mol. The van der Waals surface area contributed by atoms with Crippen LogP contribution in [-0.2, 0) is 56.0 Å². The van der Waals surface area contributed by atoms with Crippen LogP contribution in [0.1, 0.15) is 57.1 Å². The molecule has 2 aromatic rings. The molecule has 0 bridgehead atoms. The zero-order valence-electron chi connectivity index (χ0n) is 33.6. The first-order valence-electron chi connectivity index (χ1n) is 19.5. The van der Waals surface area contributed by atoms with E-state index in [0.717, 1.165) is 0 Å². The van der Waals surface area contributed by atoms with E-state index in [0.29, 0.717) is 17.5 Å². The number of hydrogen-bond donors (Lipinski definition) is 10. The maximum absolute atomic E-state index is 14.0. The van der Waals surface area contributed by atoms with Gasteiger partial charge in [0.2, 0.25) is 47.3 Å². The fourth-order valence-corrected chi connectivity index (χ4v) is 6.42. The minimum absolute atomic E-state index is 0.0218. The molecule has 0 spiro atoms. The second kappa shape index (κ2) is 23.7. The molecule has 1 aliphatic heterocycles. The Kier molecular flexibility index (Phi) is 18.9. The van der Waals surface area contributed by atoms with E-state index in [2.05, 4.69) is 31.9 Å². The molecule has 0 saturated carbocycles. The zero-order chi connectivity index (χ0) is 44.4. The lowest BCUT2D eigenvalue weighted by Crippen LogP contribution is -2.59. The van der Waals surface area contributed by atoms with Gasteiger partial charge in [0, 0.05) is 25.8 Å². The first-order chi connectivity index (χ1) is 28.5. The predicted molar refractivity (Wildman–Crippen MR) is 215 cm³/mol. The Bertz CT molecular complexity index is 1840. The average Bonchev–Trinajstić information content (AvgIpc) is 3.71. The number of rotatable bonds is 23. The number of nitrogens with zero attached hydrogens (tertiary/aromatic N) is 1. The summed E-state index contributed by atoms with van der Waals surface area (Å²) in [7, 11) is 0. The normalized spacial score (nSPS) is 15.4. The molecule has 1 heterocycles. The van der Waals surface area contributed by atoms with Gasteiger partial charge >= 0.3 is 5.97 Å². The van der Waals surface area contributed by atoms with Crippen LogP contribution < -0.4 is 43.4 Å². The van der Waals surface area contributed by atoms with E-state index in [1.165, 1.54) is 29.2 Å². The summed E-state index contributed by atoms with van der Waals surface area (Å²) in [6.07, 6.45) is -0.292. The van der Waals surface area contributed by atoms with Crippen molar-refractivity contribution in [3.05, 3.63) is 65.7 Å². The molecule has 20 heteroatoms. The number of amides is 8. The van der Waals surface area contributed by atoms with Gasteiger partial charge in [0.05, 0.1) is 19.6 Å². The summed E-state index contributed by atoms with van der Waals surface area (Å²) in [5.41, 5.74) is 11.8. The number of nitrogens with one attached hydrogen (secondary N) is 6. The van der Waals surface area contributed by atoms with Crippen LogP contribution in [0, 0.1) is 5.92 Å². The van der Waals surface area contributed by atoms with Crippen LogP contribution in [0.2, 0.25) is 0 Å². The Morgan fingerprint density at radius 3 is 1.93 bits per heavy atom. The lowest BCUT2D eigenvalue weighted by Gasteiger charge is -2.28. The number of carboxylic acid groups (broad SMARTS) is 1. The first-order valence-corrected chi connectivity index (χ1v) is 19.5.